The standard InChI is InChI=1S/C10H13BrN2O2/c1-15-5-7-9(11)10(14)13-8(12-7)4-6-2-3-6/h6H,2-5H2,1H3,(H,12,13,14). The molecule has 0 aromatic carbocycles. The molecule has 4 nitrogen and oxygen atoms in total. The van der Waals surface area contributed by atoms with Crippen LogP contribution in [0.3, 0.4) is 0 Å². The summed E-state index contributed by atoms with van der Waals surface area (Å²) in [5, 5.41) is 0. The lowest BCUT2D eigenvalue weighted by Gasteiger charge is -2.05. The molecule has 1 aliphatic carbocycles. The van der Waals surface area contributed by atoms with Gasteiger partial charge in [0.1, 0.15) is 10.3 Å². The SMILES string of the molecule is COCc1nc(CC2CC2)[nH]c(=O)c1Br. The van der Waals surface area contributed by atoms with Crippen LogP contribution in [0.25, 0.3) is 0 Å². The van der Waals surface area contributed by atoms with Crippen LogP contribution in [0.1, 0.15) is 24.4 Å². The second kappa shape index (κ2) is 4.45. The molecule has 1 aliphatic rings. The second-order valence-electron chi connectivity index (χ2n) is 3.85. The van der Waals surface area contributed by atoms with E-state index in [0.717, 1.165) is 12.2 Å². The van der Waals surface area contributed by atoms with Crippen molar-refractivity contribution in [1.82, 2.24) is 9.97 Å². The van der Waals surface area contributed by atoms with E-state index in [9.17, 15) is 4.79 Å². The molecule has 0 aliphatic heterocycles. The van der Waals surface area contributed by atoms with Gasteiger partial charge in [0.2, 0.25) is 0 Å². The maximum atomic E-state index is 11.5. The number of hydrogen-bond acceptors (Lipinski definition) is 3. The molecular weight excluding hydrogens is 260 g/mol. The predicted octanol–water partition coefficient (Wildman–Crippen LogP) is 1.63. The predicted molar refractivity (Wildman–Crippen MR) is 59.7 cm³/mol. The summed E-state index contributed by atoms with van der Waals surface area (Å²) < 4.78 is 5.47. The molecule has 0 atom stereocenters. The summed E-state index contributed by atoms with van der Waals surface area (Å²) in [6.07, 6.45) is 3.37. The van der Waals surface area contributed by atoms with Crippen LogP contribution in [0.4, 0.5) is 0 Å². The van der Waals surface area contributed by atoms with E-state index in [2.05, 4.69) is 25.9 Å². The fraction of sp³-hybridized carbons (Fsp3) is 0.600. The Balaban J connectivity index is 2.27. The number of nitrogens with zero attached hydrogens (tertiary/aromatic N) is 1. The molecule has 0 radical (unpaired) electrons. The molecule has 1 fully saturated rings. The van der Waals surface area contributed by atoms with Crippen LogP contribution < -0.4 is 5.56 Å². The number of nitrogens with one attached hydrogen (secondary N) is 1. The first-order chi connectivity index (χ1) is 7.20. The maximum absolute atomic E-state index is 11.5. The Morgan fingerprint density at radius 3 is 2.93 bits per heavy atom. The Bertz CT molecular complexity index is 412. The zero-order valence-corrected chi connectivity index (χ0v) is 10.1. The van der Waals surface area contributed by atoms with E-state index in [1.165, 1.54) is 12.8 Å². The van der Waals surface area contributed by atoms with E-state index in [1.54, 1.807) is 7.11 Å². The second-order valence-corrected chi connectivity index (χ2v) is 4.65. The first-order valence-electron chi connectivity index (χ1n) is 4.97. The van der Waals surface area contributed by atoms with Gasteiger partial charge in [-0.15, -0.1) is 0 Å². The highest BCUT2D eigenvalue weighted by atomic mass is 79.9. The van der Waals surface area contributed by atoms with Crippen molar-refractivity contribution >= 4 is 15.9 Å². The highest BCUT2D eigenvalue weighted by Crippen LogP contribution is 2.31. The van der Waals surface area contributed by atoms with Crippen LogP contribution in [-0.2, 0) is 17.8 Å². The summed E-state index contributed by atoms with van der Waals surface area (Å²) in [4.78, 5) is 18.7. The highest BCUT2D eigenvalue weighted by molar-refractivity contribution is 9.10. The highest BCUT2D eigenvalue weighted by Gasteiger charge is 2.23. The van der Waals surface area contributed by atoms with Gasteiger partial charge < -0.3 is 9.72 Å². The molecule has 1 aromatic rings. The largest absolute Gasteiger partial charge is 0.378 e. The van der Waals surface area contributed by atoms with E-state index in [4.69, 9.17) is 4.74 Å². The summed E-state index contributed by atoms with van der Waals surface area (Å²) in [6, 6.07) is 0. The Kier molecular flexibility index (Phi) is 3.21. The van der Waals surface area contributed by atoms with Crippen LogP contribution in [0, 0.1) is 5.92 Å². The topological polar surface area (TPSA) is 55.0 Å². The number of halogens is 1. The Morgan fingerprint density at radius 1 is 1.60 bits per heavy atom. The summed E-state index contributed by atoms with van der Waals surface area (Å²) >= 11 is 3.21. The summed E-state index contributed by atoms with van der Waals surface area (Å²) in [5.41, 5.74) is 0.560. The van der Waals surface area contributed by atoms with Crippen molar-refractivity contribution in [2.75, 3.05) is 7.11 Å². The van der Waals surface area contributed by atoms with Crippen molar-refractivity contribution in [3.8, 4) is 0 Å². The van der Waals surface area contributed by atoms with Crippen molar-refractivity contribution in [3.05, 3.63) is 26.3 Å². The molecule has 0 spiro atoms. The van der Waals surface area contributed by atoms with E-state index in [1.807, 2.05) is 0 Å². The first kappa shape index (κ1) is 10.8. The fourth-order valence-electron chi connectivity index (χ4n) is 1.48. The van der Waals surface area contributed by atoms with Crippen molar-refractivity contribution in [2.45, 2.75) is 25.9 Å². The molecule has 0 unspecified atom stereocenters. The van der Waals surface area contributed by atoms with Gasteiger partial charge in [0.25, 0.3) is 5.56 Å². The van der Waals surface area contributed by atoms with Crippen molar-refractivity contribution in [2.24, 2.45) is 5.92 Å². The minimum atomic E-state index is -0.118. The third kappa shape index (κ3) is 2.66. The van der Waals surface area contributed by atoms with Gasteiger partial charge in [-0.25, -0.2) is 4.98 Å². The number of rotatable bonds is 4. The molecule has 1 aromatic heterocycles. The van der Waals surface area contributed by atoms with Gasteiger partial charge in [-0.05, 0) is 34.7 Å². The third-order valence-corrected chi connectivity index (χ3v) is 3.26. The maximum Gasteiger partial charge on any atom is 0.265 e. The fourth-order valence-corrected chi connectivity index (χ4v) is 1.78. The van der Waals surface area contributed by atoms with E-state index >= 15 is 0 Å². The summed E-state index contributed by atoms with van der Waals surface area (Å²) in [6.45, 7) is 0.363. The minimum absolute atomic E-state index is 0.118. The van der Waals surface area contributed by atoms with Crippen LogP contribution in [0.5, 0.6) is 0 Å². The Hall–Kier alpha value is -0.680. The summed E-state index contributed by atoms with van der Waals surface area (Å²) in [5.74, 6) is 1.49. The molecule has 2 rings (SSSR count). The summed E-state index contributed by atoms with van der Waals surface area (Å²) in [7, 11) is 1.59. The van der Waals surface area contributed by atoms with Crippen LogP contribution in [0.2, 0.25) is 0 Å². The zero-order valence-electron chi connectivity index (χ0n) is 8.55. The van der Waals surface area contributed by atoms with E-state index < -0.39 is 0 Å². The number of methoxy groups -OCH3 is 1. The number of aromatic nitrogens is 2. The van der Waals surface area contributed by atoms with Crippen molar-refractivity contribution in [3.63, 3.8) is 0 Å². The number of ether oxygens (including phenoxy) is 1. The van der Waals surface area contributed by atoms with Crippen molar-refractivity contribution in [1.29, 1.82) is 0 Å². The third-order valence-electron chi connectivity index (χ3n) is 2.44. The normalized spacial score (nSPS) is 15.6. The van der Waals surface area contributed by atoms with E-state index in [0.29, 0.717) is 22.7 Å². The molecule has 0 bridgehead atoms. The van der Waals surface area contributed by atoms with Gasteiger partial charge in [0.05, 0.1) is 12.3 Å². The number of H-pyrrole nitrogens is 1. The zero-order chi connectivity index (χ0) is 10.8. The lowest BCUT2D eigenvalue weighted by atomic mass is 10.2. The van der Waals surface area contributed by atoms with Crippen LogP contribution >= 0.6 is 15.9 Å². The molecule has 82 valence electrons. The van der Waals surface area contributed by atoms with Gasteiger partial charge in [-0.3, -0.25) is 4.79 Å². The monoisotopic (exact) mass is 272 g/mol. The van der Waals surface area contributed by atoms with Gasteiger partial charge in [-0.2, -0.15) is 0 Å². The minimum Gasteiger partial charge on any atom is -0.378 e. The average Bonchev–Trinajstić information content (AvgIpc) is 2.98. The molecule has 0 amide bonds. The molecule has 5 heteroatoms. The van der Waals surface area contributed by atoms with Gasteiger partial charge in [-0.1, -0.05) is 0 Å². The lowest BCUT2D eigenvalue weighted by Crippen LogP contribution is -2.16. The molecule has 1 heterocycles. The van der Waals surface area contributed by atoms with Crippen LogP contribution in [0.15, 0.2) is 9.27 Å². The molecule has 1 N–H and O–H groups in total. The smallest absolute Gasteiger partial charge is 0.265 e. The number of aromatic amines is 1. The van der Waals surface area contributed by atoms with E-state index in [-0.39, 0.29) is 5.56 Å². The molecule has 1 saturated carbocycles. The molecule has 0 saturated heterocycles. The quantitative estimate of drug-likeness (QED) is 0.907. The average molecular weight is 273 g/mol. The Morgan fingerprint density at radius 2 is 2.33 bits per heavy atom. The first-order valence-corrected chi connectivity index (χ1v) is 5.76. The van der Waals surface area contributed by atoms with Crippen molar-refractivity contribution < 1.29 is 4.74 Å². The lowest BCUT2D eigenvalue weighted by molar-refractivity contribution is 0.180. The van der Waals surface area contributed by atoms with Crippen LogP contribution in [-0.4, -0.2) is 17.1 Å². The van der Waals surface area contributed by atoms with Gasteiger partial charge in [0, 0.05) is 13.5 Å². The van der Waals surface area contributed by atoms with Gasteiger partial charge >= 0.3 is 0 Å². The molecule has 15 heavy (non-hydrogen) atoms. The number of hydrogen-bond donors (Lipinski definition) is 1. The Labute approximate surface area is 96.2 Å². The van der Waals surface area contributed by atoms with Gasteiger partial charge in [0.15, 0.2) is 0 Å². The molecular formula is C10H13BrN2O2.